The number of esters is 1. The Labute approximate surface area is 134 Å². The van der Waals surface area contributed by atoms with Gasteiger partial charge in [0.2, 0.25) is 0 Å². The highest BCUT2D eigenvalue weighted by molar-refractivity contribution is 6.00. The molecule has 0 saturated carbocycles. The summed E-state index contributed by atoms with van der Waals surface area (Å²) < 4.78 is 6.58. The molecule has 1 aromatic carbocycles. The highest BCUT2D eigenvalue weighted by atomic mass is 16.5. The first kappa shape index (κ1) is 16.7. The molecule has 2 aromatic rings. The standard InChI is InChI=1S/C18H19NO4/c1-11-5-6-14(7-12(11)2)17(21)10-23-18(22)16-8-15(13(3)20)9-19(16)4/h5-9H,10H2,1-4H3. The number of carbonyl (C=O) groups is 3. The van der Waals surface area contributed by atoms with Crippen molar-refractivity contribution in [2.75, 3.05) is 6.61 Å². The van der Waals surface area contributed by atoms with Crippen molar-refractivity contribution >= 4 is 17.5 Å². The molecule has 120 valence electrons. The smallest absolute Gasteiger partial charge is 0.355 e. The number of nitrogens with zero attached hydrogens (tertiary/aromatic N) is 1. The van der Waals surface area contributed by atoms with Crippen molar-refractivity contribution in [3.05, 3.63) is 58.4 Å². The van der Waals surface area contributed by atoms with Gasteiger partial charge in [0, 0.05) is 24.4 Å². The second-order valence-electron chi connectivity index (χ2n) is 5.58. The van der Waals surface area contributed by atoms with E-state index in [1.54, 1.807) is 25.4 Å². The number of carbonyl (C=O) groups excluding carboxylic acids is 3. The normalized spacial score (nSPS) is 10.4. The zero-order chi connectivity index (χ0) is 17.1. The van der Waals surface area contributed by atoms with Crippen molar-refractivity contribution in [2.24, 2.45) is 7.05 Å². The molecule has 0 atom stereocenters. The quantitative estimate of drug-likeness (QED) is 0.629. The average molecular weight is 313 g/mol. The molecule has 1 heterocycles. The van der Waals surface area contributed by atoms with Crippen molar-refractivity contribution in [1.29, 1.82) is 0 Å². The van der Waals surface area contributed by atoms with E-state index in [0.717, 1.165) is 11.1 Å². The summed E-state index contributed by atoms with van der Waals surface area (Å²) in [6.45, 7) is 4.98. The molecule has 0 aliphatic carbocycles. The van der Waals surface area contributed by atoms with Gasteiger partial charge >= 0.3 is 5.97 Å². The van der Waals surface area contributed by atoms with E-state index in [2.05, 4.69) is 0 Å². The molecule has 23 heavy (non-hydrogen) atoms. The van der Waals surface area contributed by atoms with Gasteiger partial charge < -0.3 is 9.30 Å². The van der Waals surface area contributed by atoms with Crippen LogP contribution in [0.25, 0.3) is 0 Å². The second-order valence-corrected chi connectivity index (χ2v) is 5.58. The zero-order valence-electron chi connectivity index (χ0n) is 13.7. The minimum absolute atomic E-state index is 0.133. The molecule has 5 nitrogen and oxygen atoms in total. The van der Waals surface area contributed by atoms with Crippen LogP contribution in [0.2, 0.25) is 0 Å². The van der Waals surface area contributed by atoms with E-state index < -0.39 is 5.97 Å². The van der Waals surface area contributed by atoms with E-state index in [9.17, 15) is 14.4 Å². The van der Waals surface area contributed by atoms with Gasteiger partial charge in [-0.1, -0.05) is 12.1 Å². The Balaban J connectivity index is 2.05. The third-order valence-electron chi connectivity index (χ3n) is 3.78. The molecule has 0 saturated heterocycles. The van der Waals surface area contributed by atoms with Gasteiger partial charge in [0.1, 0.15) is 5.69 Å². The maximum Gasteiger partial charge on any atom is 0.355 e. The Morgan fingerprint density at radius 3 is 2.30 bits per heavy atom. The summed E-state index contributed by atoms with van der Waals surface area (Å²) in [4.78, 5) is 35.5. The van der Waals surface area contributed by atoms with Gasteiger partial charge in [0.25, 0.3) is 0 Å². The Morgan fingerprint density at radius 1 is 1.04 bits per heavy atom. The molecule has 0 aliphatic heterocycles. The van der Waals surface area contributed by atoms with Gasteiger partial charge in [-0.2, -0.15) is 0 Å². The molecule has 2 rings (SSSR count). The molecule has 0 aliphatic rings. The van der Waals surface area contributed by atoms with Crippen LogP contribution in [0.5, 0.6) is 0 Å². The van der Waals surface area contributed by atoms with Crippen LogP contribution < -0.4 is 0 Å². The molecule has 5 heteroatoms. The molecule has 0 N–H and O–H groups in total. The lowest BCUT2D eigenvalue weighted by molar-refractivity contribution is 0.0465. The zero-order valence-corrected chi connectivity index (χ0v) is 13.7. The van der Waals surface area contributed by atoms with Crippen molar-refractivity contribution in [3.63, 3.8) is 0 Å². The number of aryl methyl sites for hydroxylation is 3. The number of hydrogen-bond donors (Lipinski definition) is 0. The van der Waals surface area contributed by atoms with Crippen molar-refractivity contribution < 1.29 is 19.1 Å². The van der Waals surface area contributed by atoms with Crippen molar-refractivity contribution in [2.45, 2.75) is 20.8 Å². The van der Waals surface area contributed by atoms with Gasteiger partial charge in [-0.15, -0.1) is 0 Å². The fourth-order valence-corrected chi connectivity index (χ4v) is 2.16. The molecule has 0 radical (unpaired) electrons. The maximum absolute atomic E-state index is 12.1. The van der Waals surface area contributed by atoms with Crippen LogP contribution in [0.1, 0.15) is 49.3 Å². The first-order valence-electron chi connectivity index (χ1n) is 7.24. The molecule has 0 unspecified atom stereocenters. The third kappa shape index (κ3) is 3.74. The molecular weight excluding hydrogens is 294 g/mol. The van der Waals surface area contributed by atoms with Crippen LogP contribution in [0.3, 0.4) is 0 Å². The summed E-state index contributed by atoms with van der Waals surface area (Å²) in [7, 11) is 1.65. The molecular formula is C18H19NO4. The van der Waals surface area contributed by atoms with Crippen molar-refractivity contribution in [1.82, 2.24) is 4.57 Å². The SMILES string of the molecule is CC(=O)c1cc(C(=O)OCC(=O)c2ccc(C)c(C)c2)n(C)c1. The molecule has 1 aromatic heterocycles. The highest BCUT2D eigenvalue weighted by Crippen LogP contribution is 2.12. The van der Waals surface area contributed by atoms with Crippen LogP contribution in [-0.2, 0) is 11.8 Å². The van der Waals surface area contributed by atoms with E-state index in [-0.39, 0.29) is 23.9 Å². The minimum Gasteiger partial charge on any atom is -0.453 e. The topological polar surface area (TPSA) is 65.4 Å². The predicted octanol–water partition coefficient (Wildman–Crippen LogP) is 2.88. The summed E-state index contributed by atoms with van der Waals surface area (Å²) in [6, 6.07) is 6.82. The first-order valence-corrected chi connectivity index (χ1v) is 7.24. The predicted molar refractivity (Wildman–Crippen MR) is 85.9 cm³/mol. The van der Waals surface area contributed by atoms with E-state index in [1.165, 1.54) is 17.6 Å². The van der Waals surface area contributed by atoms with Gasteiger partial charge in [-0.3, -0.25) is 9.59 Å². The second kappa shape index (κ2) is 6.60. The van der Waals surface area contributed by atoms with Crippen LogP contribution in [-0.4, -0.2) is 28.7 Å². The van der Waals surface area contributed by atoms with Gasteiger partial charge in [0.15, 0.2) is 18.2 Å². The number of ketones is 2. The monoisotopic (exact) mass is 313 g/mol. The van der Waals surface area contributed by atoms with Crippen molar-refractivity contribution in [3.8, 4) is 0 Å². The Kier molecular flexibility index (Phi) is 4.79. The lowest BCUT2D eigenvalue weighted by Crippen LogP contribution is -2.16. The molecule has 0 spiro atoms. The average Bonchev–Trinajstić information content (AvgIpc) is 2.89. The minimum atomic E-state index is -0.628. The number of hydrogen-bond acceptors (Lipinski definition) is 4. The fraction of sp³-hybridized carbons (Fsp3) is 0.278. The number of ether oxygens (including phenoxy) is 1. The van der Waals surface area contributed by atoms with Gasteiger partial charge in [-0.05, 0) is 44.0 Å². The van der Waals surface area contributed by atoms with Gasteiger partial charge in [0.05, 0.1) is 0 Å². The highest BCUT2D eigenvalue weighted by Gasteiger charge is 2.17. The maximum atomic E-state index is 12.1. The largest absolute Gasteiger partial charge is 0.453 e. The summed E-state index contributed by atoms with van der Waals surface area (Å²) in [5.41, 5.74) is 3.29. The molecule has 0 fully saturated rings. The lowest BCUT2D eigenvalue weighted by Gasteiger charge is -2.06. The lowest BCUT2D eigenvalue weighted by atomic mass is 10.0. The molecule has 0 bridgehead atoms. The van der Waals surface area contributed by atoms with E-state index in [1.807, 2.05) is 19.9 Å². The Hall–Kier alpha value is -2.69. The van der Waals surface area contributed by atoms with E-state index >= 15 is 0 Å². The fourth-order valence-electron chi connectivity index (χ4n) is 2.16. The van der Waals surface area contributed by atoms with Crippen LogP contribution in [0.4, 0.5) is 0 Å². The Morgan fingerprint density at radius 2 is 1.74 bits per heavy atom. The summed E-state index contributed by atoms with van der Waals surface area (Å²) >= 11 is 0. The van der Waals surface area contributed by atoms with Crippen LogP contribution in [0.15, 0.2) is 30.5 Å². The van der Waals surface area contributed by atoms with Crippen LogP contribution in [0, 0.1) is 13.8 Å². The Bertz CT molecular complexity index is 786. The summed E-state index contributed by atoms with van der Waals surface area (Å²) in [6.07, 6.45) is 1.56. The summed E-state index contributed by atoms with van der Waals surface area (Å²) in [5.74, 6) is -1.02. The third-order valence-corrected chi connectivity index (χ3v) is 3.78. The first-order chi connectivity index (χ1) is 10.8. The number of Topliss-reactive ketones (excluding diaryl/α,β-unsaturated/α-hetero) is 2. The number of benzene rings is 1. The van der Waals surface area contributed by atoms with E-state index in [4.69, 9.17) is 4.74 Å². The number of aromatic nitrogens is 1. The van der Waals surface area contributed by atoms with Crippen LogP contribution >= 0.6 is 0 Å². The summed E-state index contributed by atoms with van der Waals surface area (Å²) in [5, 5.41) is 0. The van der Waals surface area contributed by atoms with E-state index in [0.29, 0.717) is 11.1 Å². The molecule has 0 amide bonds. The number of rotatable bonds is 5. The van der Waals surface area contributed by atoms with Gasteiger partial charge in [-0.25, -0.2) is 4.79 Å².